The normalized spacial score (nSPS) is 16.7. The van der Waals surface area contributed by atoms with Crippen molar-refractivity contribution >= 4 is 23.5 Å². The molecule has 140 valence electrons. The van der Waals surface area contributed by atoms with Gasteiger partial charge in [-0.25, -0.2) is 0 Å². The van der Waals surface area contributed by atoms with Crippen molar-refractivity contribution in [3.8, 4) is 0 Å². The minimum absolute atomic E-state index is 0.421. The second-order valence-corrected chi connectivity index (χ2v) is 10.00. The Kier molecular flexibility index (Phi) is 7.97. The van der Waals surface area contributed by atoms with Crippen molar-refractivity contribution in [1.29, 1.82) is 0 Å². The number of hydrogen-bond donors (Lipinski definition) is 0. The number of hydrogen-bond acceptors (Lipinski definition) is 3. The Hall–Kier alpha value is -0.900. The first-order valence-electron chi connectivity index (χ1n) is 9.80. The van der Waals surface area contributed by atoms with Gasteiger partial charge in [-0.3, -0.25) is 0 Å². The molecule has 1 fully saturated rings. The van der Waals surface area contributed by atoms with Gasteiger partial charge in [-0.05, 0) is 50.2 Å². The van der Waals surface area contributed by atoms with Crippen LogP contribution in [-0.4, -0.2) is 36.5 Å². The molecule has 1 aliphatic carbocycles. The second kappa shape index (κ2) is 10.4. The van der Waals surface area contributed by atoms with Gasteiger partial charge in [0.2, 0.25) is 0 Å². The maximum atomic E-state index is 2.35. The summed E-state index contributed by atoms with van der Waals surface area (Å²) in [6, 6.07) is 20.3. The highest BCUT2D eigenvalue weighted by atomic mass is 32.2. The zero-order valence-corrected chi connectivity index (χ0v) is 17.7. The Morgan fingerprint density at radius 3 is 2.19 bits per heavy atom. The average molecular weight is 386 g/mol. The monoisotopic (exact) mass is 385 g/mol. The van der Waals surface area contributed by atoms with Crippen molar-refractivity contribution in [1.82, 2.24) is 4.90 Å². The molecular formula is C23H31NS2. The summed E-state index contributed by atoms with van der Waals surface area (Å²) in [6.45, 7) is 1.11. The van der Waals surface area contributed by atoms with Crippen LogP contribution in [0.25, 0.3) is 0 Å². The zero-order valence-electron chi connectivity index (χ0n) is 16.1. The van der Waals surface area contributed by atoms with Crippen molar-refractivity contribution in [2.75, 3.05) is 26.4 Å². The summed E-state index contributed by atoms with van der Waals surface area (Å²) in [5.74, 6) is 1.14. The minimum atomic E-state index is 0.421. The molecule has 0 aromatic heterocycles. The molecule has 0 aliphatic heterocycles. The molecule has 0 bridgehead atoms. The summed E-state index contributed by atoms with van der Waals surface area (Å²) >= 11 is 4.14. The first-order chi connectivity index (χ1) is 12.7. The van der Waals surface area contributed by atoms with Crippen LogP contribution in [0, 0.1) is 0 Å². The zero-order chi connectivity index (χ0) is 18.2. The molecule has 2 aromatic rings. The fourth-order valence-corrected chi connectivity index (χ4v) is 6.12. The number of rotatable bonds is 8. The van der Waals surface area contributed by atoms with E-state index in [1.807, 2.05) is 11.8 Å². The summed E-state index contributed by atoms with van der Waals surface area (Å²) in [5.41, 5.74) is 2.83. The van der Waals surface area contributed by atoms with E-state index in [4.69, 9.17) is 0 Å². The second-order valence-electron chi connectivity index (χ2n) is 7.41. The molecule has 2 aromatic carbocycles. The van der Waals surface area contributed by atoms with Gasteiger partial charge in [0.15, 0.2) is 0 Å². The van der Waals surface area contributed by atoms with Crippen LogP contribution in [0.15, 0.2) is 59.5 Å². The molecule has 3 heteroatoms. The van der Waals surface area contributed by atoms with Gasteiger partial charge >= 0.3 is 0 Å². The van der Waals surface area contributed by atoms with Gasteiger partial charge in [0.25, 0.3) is 0 Å². The van der Waals surface area contributed by atoms with Crippen LogP contribution in [0.1, 0.15) is 48.5 Å². The van der Waals surface area contributed by atoms with Crippen LogP contribution in [0.4, 0.5) is 0 Å². The van der Waals surface area contributed by atoms with E-state index in [2.05, 4.69) is 85.4 Å². The molecule has 1 aliphatic rings. The van der Waals surface area contributed by atoms with E-state index in [-0.39, 0.29) is 0 Å². The van der Waals surface area contributed by atoms with Gasteiger partial charge in [-0.1, -0.05) is 61.7 Å². The molecule has 0 amide bonds. The fraction of sp³-hybridized carbons (Fsp3) is 0.478. The van der Waals surface area contributed by atoms with Crippen molar-refractivity contribution in [2.24, 2.45) is 0 Å². The lowest BCUT2D eigenvalue weighted by atomic mass is 10.0. The Bertz CT molecular complexity index is 633. The lowest BCUT2D eigenvalue weighted by Gasteiger charge is -2.22. The molecule has 1 nitrogen and oxygen atoms in total. The molecule has 0 heterocycles. The van der Waals surface area contributed by atoms with Gasteiger partial charge in [-0.15, -0.1) is 23.5 Å². The third-order valence-electron chi connectivity index (χ3n) is 4.96. The summed E-state index contributed by atoms with van der Waals surface area (Å²) in [6.07, 6.45) is 7.03. The largest absolute Gasteiger partial charge is 0.309 e. The molecule has 0 saturated heterocycles. The lowest BCUT2D eigenvalue weighted by molar-refractivity contribution is 0.437. The van der Waals surface area contributed by atoms with Crippen LogP contribution in [0.2, 0.25) is 0 Å². The van der Waals surface area contributed by atoms with Gasteiger partial charge in [-0.2, -0.15) is 0 Å². The van der Waals surface area contributed by atoms with Gasteiger partial charge in [0, 0.05) is 22.4 Å². The van der Waals surface area contributed by atoms with E-state index in [0.29, 0.717) is 5.25 Å². The SMILES string of the molecule is CN(C)CCSC(c1ccccc1)c1ccc(SC2CCCCC2)cc1. The van der Waals surface area contributed by atoms with E-state index >= 15 is 0 Å². The Morgan fingerprint density at radius 1 is 0.885 bits per heavy atom. The Morgan fingerprint density at radius 2 is 1.54 bits per heavy atom. The summed E-state index contributed by atoms with van der Waals surface area (Å²) in [5, 5.41) is 1.25. The van der Waals surface area contributed by atoms with Crippen LogP contribution in [0.5, 0.6) is 0 Å². The van der Waals surface area contributed by atoms with E-state index < -0.39 is 0 Å². The van der Waals surface area contributed by atoms with Gasteiger partial charge in [0.05, 0.1) is 5.25 Å². The molecule has 0 radical (unpaired) electrons. The Balaban J connectivity index is 1.69. The van der Waals surface area contributed by atoms with E-state index in [1.54, 1.807) is 0 Å². The molecule has 3 rings (SSSR count). The summed E-state index contributed by atoms with van der Waals surface area (Å²) in [7, 11) is 4.30. The third-order valence-corrected chi connectivity index (χ3v) is 7.61. The summed E-state index contributed by atoms with van der Waals surface area (Å²) in [4.78, 5) is 3.70. The number of nitrogens with zero attached hydrogens (tertiary/aromatic N) is 1. The average Bonchev–Trinajstić information content (AvgIpc) is 2.67. The van der Waals surface area contributed by atoms with Gasteiger partial charge in [0.1, 0.15) is 0 Å². The fourth-order valence-electron chi connectivity index (χ4n) is 3.46. The number of thioether (sulfide) groups is 2. The predicted molar refractivity (Wildman–Crippen MR) is 118 cm³/mol. The molecule has 0 N–H and O–H groups in total. The highest BCUT2D eigenvalue weighted by Crippen LogP contribution is 2.38. The van der Waals surface area contributed by atoms with Crippen molar-refractivity contribution in [2.45, 2.75) is 47.5 Å². The highest BCUT2D eigenvalue weighted by molar-refractivity contribution is 8.00. The van der Waals surface area contributed by atoms with E-state index in [9.17, 15) is 0 Å². The standard InChI is InChI=1S/C23H31NS2/c1-24(2)17-18-25-23(19-9-5-3-6-10-19)20-13-15-22(16-14-20)26-21-11-7-4-8-12-21/h3,5-6,9-10,13-16,21,23H,4,7-8,11-12,17-18H2,1-2H3. The highest BCUT2D eigenvalue weighted by Gasteiger charge is 2.17. The van der Waals surface area contributed by atoms with Crippen LogP contribution in [-0.2, 0) is 0 Å². The molecular weight excluding hydrogens is 354 g/mol. The molecule has 0 spiro atoms. The van der Waals surface area contributed by atoms with Crippen molar-refractivity contribution in [3.63, 3.8) is 0 Å². The maximum absolute atomic E-state index is 2.35. The molecule has 1 atom stereocenters. The smallest absolute Gasteiger partial charge is 0.0547 e. The lowest BCUT2D eigenvalue weighted by Crippen LogP contribution is -2.15. The Labute approximate surface area is 168 Å². The van der Waals surface area contributed by atoms with Crippen molar-refractivity contribution in [3.05, 3.63) is 65.7 Å². The topological polar surface area (TPSA) is 3.24 Å². The minimum Gasteiger partial charge on any atom is -0.309 e. The molecule has 1 unspecified atom stereocenters. The van der Waals surface area contributed by atoms with Crippen molar-refractivity contribution < 1.29 is 0 Å². The third kappa shape index (κ3) is 6.07. The van der Waals surface area contributed by atoms with Crippen LogP contribution in [0.3, 0.4) is 0 Å². The maximum Gasteiger partial charge on any atom is 0.0547 e. The predicted octanol–water partition coefficient (Wildman–Crippen LogP) is 6.50. The molecule has 1 saturated carbocycles. The first-order valence-corrected chi connectivity index (χ1v) is 11.7. The van der Waals surface area contributed by atoms with Gasteiger partial charge < -0.3 is 4.90 Å². The van der Waals surface area contributed by atoms with E-state index in [1.165, 1.54) is 48.1 Å². The molecule has 26 heavy (non-hydrogen) atoms. The number of benzene rings is 2. The van der Waals surface area contributed by atoms with E-state index in [0.717, 1.165) is 17.5 Å². The first kappa shape index (κ1) is 19.9. The summed E-state index contributed by atoms with van der Waals surface area (Å²) < 4.78 is 0. The van der Waals surface area contributed by atoms with Crippen LogP contribution >= 0.6 is 23.5 Å². The quantitative estimate of drug-likeness (QED) is 0.511. The van der Waals surface area contributed by atoms with Crippen LogP contribution < -0.4 is 0 Å².